The normalized spacial score (nSPS) is 13.5. The molecule has 4 rings (SSSR count). The minimum Gasteiger partial charge on any atom is -0.288 e. The summed E-state index contributed by atoms with van der Waals surface area (Å²) in [7, 11) is 0. The Morgan fingerprint density at radius 2 is 1.48 bits per heavy atom. The van der Waals surface area contributed by atoms with Crippen LogP contribution in [0.15, 0.2) is 7.57 Å². The quantitative estimate of drug-likeness (QED) is 0.163. The molecule has 0 saturated heterocycles. The van der Waals surface area contributed by atoms with Crippen molar-refractivity contribution in [3.63, 3.8) is 0 Å². The molecule has 2 nitrogen and oxygen atoms in total. The topological polar surface area (TPSA) is 34.1 Å². The molecule has 0 aliphatic heterocycles. The third-order valence-corrected chi connectivity index (χ3v) is 10.9. The van der Waals surface area contributed by atoms with Gasteiger partial charge < -0.3 is 0 Å². The van der Waals surface area contributed by atoms with E-state index in [1.165, 1.54) is 46.8 Å². The number of alkyl halides is 1. The van der Waals surface area contributed by atoms with Crippen LogP contribution in [0.5, 0.6) is 0 Å². The zero-order valence-electron chi connectivity index (χ0n) is 14.4. The van der Waals surface area contributed by atoms with Crippen LogP contribution >= 0.6 is 81.8 Å². The lowest BCUT2D eigenvalue weighted by Crippen LogP contribution is -2.17. The monoisotopic (exact) mass is 608 g/mol. The zero-order chi connectivity index (χ0) is 19.3. The van der Waals surface area contributed by atoms with Crippen molar-refractivity contribution in [1.82, 2.24) is 0 Å². The first-order valence-corrected chi connectivity index (χ1v) is 13.8. The Balaban J connectivity index is 1.71. The molecule has 3 aromatic heterocycles. The van der Waals surface area contributed by atoms with E-state index in [9.17, 15) is 9.59 Å². The molecule has 1 aliphatic rings. The van der Waals surface area contributed by atoms with Crippen LogP contribution in [0.2, 0.25) is 0 Å². The number of thiophene rings is 3. The summed E-state index contributed by atoms with van der Waals surface area (Å²) in [6, 6.07) is 0. The molecule has 0 atom stereocenters. The lowest BCUT2D eigenvalue weighted by atomic mass is 9.91. The van der Waals surface area contributed by atoms with E-state index in [0.717, 1.165) is 41.4 Å². The van der Waals surface area contributed by atoms with Gasteiger partial charge in [0.25, 0.3) is 0 Å². The van der Waals surface area contributed by atoms with Crippen molar-refractivity contribution in [2.45, 2.75) is 39.0 Å². The summed E-state index contributed by atoms with van der Waals surface area (Å²) in [5, 5.41) is 1.94. The van der Waals surface area contributed by atoms with E-state index in [0.29, 0.717) is 20.9 Å². The third-order valence-electron chi connectivity index (χ3n) is 4.86. The molecule has 27 heavy (non-hydrogen) atoms. The van der Waals surface area contributed by atoms with Gasteiger partial charge in [-0.15, -0.1) is 34.0 Å². The Hall–Kier alpha value is 0.140. The number of ketones is 2. The maximum absolute atomic E-state index is 13.3. The second kappa shape index (κ2) is 8.11. The van der Waals surface area contributed by atoms with E-state index >= 15 is 0 Å². The molecule has 8 heteroatoms. The van der Waals surface area contributed by atoms with E-state index in [2.05, 4.69) is 47.8 Å². The number of rotatable bonds is 6. The number of carbonyl (C=O) groups is 2. The molecule has 0 N–H and O–H groups in total. The Labute approximate surface area is 194 Å². The highest BCUT2D eigenvalue weighted by atomic mass is 79.9. The van der Waals surface area contributed by atoms with Gasteiger partial charge in [-0.05, 0) is 63.6 Å². The van der Waals surface area contributed by atoms with Crippen LogP contribution in [0.25, 0.3) is 10.1 Å². The largest absolute Gasteiger partial charge is 0.288 e. The van der Waals surface area contributed by atoms with Crippen LogP contribution in [-0.4, -0.2) is 16.9 Å². The van der Waals surface area contributed by atoms with Crippen molar-refractivity contribution in [1.29, 1.82) is 0 Å². The fraction of sp³-hybridized carbons (Fsp3) is 0.368. The summed E-state index contributed by atoms with van der Waals surface area (Å²) >= 11 is 15.1. The number of halogens is 3. The number of carbonyl (C=O) groups excluding carboxylic acids is 2. The molecule has 3 heterocycles. The predicted octanol–water partition coefficient (Wildman–Crippen LogP) is 8.13. The first-order valence-electron chi connectivity index (χ1n) is 8.63. The van der Waals surface area contributed by atoms with Gasteiger partial charge in [-0.25, -0.2) is 0 Å². The average molecular weight is 611 g/mol. The second-order valence-electron chi connectivity index (χ2n) is 6.53. The molecule has 0 aromatic carbocycles. The highest BCUT2D eigenvalue weighted by Crippen LogP contribution is 2.50. The number of hydrogen-bond acceptors (Lipinski definition) is 5. The van der Waals surface area contributed by atoms with E-state index < -0.39 is 0 Å². The molecular weight excluding hydrogens is 596 g/mol. The van der Waals surface area contributed by atoms with Crippen LogP contribution < -0.4 is 0 Å². The molecule has 0 fully saturated rings. The van der Waals surface area contributed by atoms with Gasteiger partial charge in [0.15, 0.2) is 0 Å². The minimum atomic E-state index is 0.00971. The van der Waals surface area contributed by atoms with Crippen LogP contribution in [-0.2, 0) is 6.42 Å². The standard InChI is InChI=1S/C19H15Br3O2S3/c1-8-9(6-4-2-3-5-7-20)25-15-10(8)13(23)16-11(14(15)24)12-17(26-16)19(22)27-18(12)21/h2-7H2,1H3. The highest BCUT2D eigenvalue weighted by Gasteiger charge is 2.38. The van der Waals surface area contributed by atoms with E-state index in [1.54, 1.807) is 11.3 Å². The van der Waals surface area contributed by atoms with Gasteiger partial charge in [0.2, 0.25) is 11.6 Å². The van der Waals surface area contributed by atoms with Gasteiger partial charge >= 0.3 is 0 Å². The van der Waals surface area contributed by atoms with Crippen molar-refractivity contribution < 1.29 is 9.59 Å². The van der Waals surface area contributed by atoms with Gasteiger partial charge in [0.1, 0.15) is 0 Å². The van der Waals surface area contributed by atoms with Crippen LogP contribution in [0.3, 0.4) is 0 Å². The smallest absolute Gasteiger partial charge is 0.206 e. The van der Waals surface area contributed by atoms with E-state index in [1.807, 2.05) is 6.92 Å². The average Bonchev–Trinajstić information content (AvgIpc) is 3.27. The van der Waals surface area contributed by atoms with E-state index in [4.69, 9.17) is 0 Å². The summed E-state index contributed by atoms with van der Waals surface area (Å²) in [5.74, 6) is 0.0272. The van der Waals surface area contributed by atoms with Gasteiger partial charge in [0.05, 0.1) is 27.6 Å². The van der Waals surface area contributed by atoms with Gasteiger partial charge in [-0.3, -0.25) is 9.59 Å². The molecule has 0 amide bonds. The van der Waals surface area contributed by atoms with Crippen molar-refractivity contribution in [2.75, 3.05) is 5.33 Å². The van der Waals surface area contributed by atoms with E-state index in [-0.39, 0.29) is 11.6 Å². The maximum atomic E-state index is 13.3. The van der Waals surface area contributed by atoms with Crippen molar-refractivity contribution >= 4 is 103 Å². The zero-order valence-corrected chi connectivity index (χ0v) is 21.6. The minimum absolute atomic E-state index is 0.00971. The molecule has 0 bridgehead atoms. The van der Waals surface area contributed by atoms with Gasteiger partial charge in [0, 0.05) is 21.2 Å². The van der Waals surface area contributed by atoms with Crippen molar-refractivity contribution in [2.24, 2.45) is 0 Å². The fourth-order valence-electron chi connectivity index (χ4n) is 3.50. The maximum Gasteiger partial charge on any atom is 0.206 e. The first-order chi connectivity index (χ1) is 13.0. The fourth-order valence-corrected chi connectivity index (χ4v) is 9.84. The molecule has 0 unspecified atom stereocenters. The molecule has 142 valence electrons. The summed E-state index contributed by atoms with van der Waals surface area (Å²) in [4.78, 5) is 28.9. The van der Waals surface area contributed by atoms with Gasteiger partial charge in [-0.1, -0.05) is 28.8 Å². The Morgan fingerprint density at radius 1 is 0.815 bits per heavy atom. The Kier molecular flexibility index (Phi) is 6.13. The van der Waals surface area contributed by atoms with Crippen molar-refractivity contribution in [3.05, 3.63) is 38.9 Å². The summed E-state index contributed by atoms with van der Waals surface area (Å²) in [6.07, 6.45) is 5.63. The number of hydrogen-bond donors (Lipinski definition) is 0. The lowest BCUT2D eigenvalue weighted by Gasteiger charge is -2.11. The molecular formula is C19H15Br3O2S3. The van der Waals surface area contributed by atoms with Gasteiger partial charge in [-0.2, -0.15) is 0 Å². The SMILES string of the molecule is Cc1c(CCCCCCBr)sc2c1C(=O)c1sc3c(Br)sc(Br)c3c1C2=O. The van der Waals surface area contributed by atoms with Crippen LogP contribution in [0.4, 0.5) is 0 Å². The molecule has 1 aliphatic carbocycles. The third kappa shape index (κ3) is 3.38. The highest BCUT2D eigenvalue weighted by molar-refractivity contribution is 9.12. The summed E-state index contributed by atoms with van der Waals surface area (Å²) in [5.41, 5.74) is 2.24. The second-order valence-corrected chi connectivity index (χ2v) is 13.1. The molecule has 0 saturated carbocycles. The molecule has 0 radical (unpaired) electrons. The number of unbranched alkanes of at least 4 members (excludes halogenated alkanes) is 3. The van der Waals surface area contributed by atoms with Crippen LogP contribution in [0, 0.1) is 6.92 Å². The summed E-state index contributed by atoms with van der Waals surface area (Å²) < 4.78 is 2.86. The van der Waals surface area contributed by atoms with Crippen molar-refractivity contribution in [3.8, 4) is 0 Å². The molecule has 3 aromatic rings. The summed E-state index contributed by atoms with van der Waals surface area (Å²) in [6.45, 7) is 2.00. The Bertz CT molecular complexity index is 1070. The number of aryl methyl sites for hydroxylation is 1. The van der Waals surface area contributed by atoms with Crippen LogP contribution in [0.1, 0.15) is 66.6 Å². The Morgan fingerprint density at radius 3 is 2.22 bits per heavy atom. The number of fused-ring (bicyclic) bond motifs is 4. The predicted molar refractivity (Wildman–Crippen MR) is 127 cm³/mol. The first kappa shape index (κ1) is 20.4. The lowest BCUT2D eigenvalue weighted by molar-refractivity contribution is 0.0986. The molecule has 0 spiro atoms.